The molecule has 0 aliphatic heterocycles. The lowest BCUT2D eigenvalue weighted by Crippen LogP contribution is -2.31. The van der Waals surface area contributed by atoms with Crippen LogP contribution < -0.4 is 15.7 Å². The highest BCUT2D eigenvalue weighted by molar-refractivity contribution is 5.82. The van der Waals surface area contributed by atoms with Crippen molar-refractivity contribution < 1.29 is 13.9 Å². The van der Waals surface area contributed by atoms with Crippen molar-refractivity contribution >= 4 is 16.9 Å². The number of aryl methyl sites for hydroxylation is 1. The summed E-state index contributed by atoms with van der Waals surface area (Å²) in [4.78, 5) is 25.4. The first-order valence-corrected chi connectivity index (χ1v) is 8.10. The highest BCUT2D eigenvalue weighted by Gasteiger charge is 2.07. The van der Waals surface area contributed by atoms with E-state index in [1.807, 2.05) is 27.1 Å². The molecule has 0 saturated carbocycles. The summed E-state index contributed by atoms with van der Waals surface area (Å²) in [6, 6.07) is 6.78. The maximum absolute atomic E-state index is 11.8. The SMILES string of the molecule is CCc1cc(=O)oc2cc(OCC(=O)NCCCN(C)C)ccc12. The zero-order chi connectivity index (χ0) is 17.5. The molecule has 1 heterocycles. The van der Waals surface area contributed by atoms with Crippen LogP contribution in [0.15, 0.2) is 33.5 Å². The maximum Gasteiger partial charge on any atom is 0.336 e. The molecule has 130 valence electrons. The lowest BCUT2D eigenvalue weighted by molar-refractivity contribution is -0.123. The summed E-state index contributed by atoms with van der Waals surface area (Å²) in [7, 11) is 3.99. The molecule has 6 nitrogen and oxygen atoms in total. The van der Waals surface area contributed by atoms with Crippen molar-refractivity contribution in [1.82, 2.24) is 10.2 Å². The average molecular weight is 332 g/mol. The number of carbonyl (C=O) groups excluding carboxylic acids is 1. The minimum Gasteiger partial charge on any atom is -0.484 e. The molecule has 0 unspecified atom stereocenters. The number of rotatable bonds is 8. The predicted molar refractivity (Wildman–Crippen MR) is 93.5 cm³/mol. The van der Waals surface area contributed by atoms with Gasteiger partial charge in [-0.15, -0.1) is 0 Å². The van der Waals surface area contributed by atoms with Crippen molar-refractivity contribution in [2.24, 2.45) is 0 Å². The third kappa shape index (κ3) is 5.09. The average Bonchev–Trinajstić information content (AvgIpc) is 2.55. The number of nitrogens with zero attached hydrogens (tertiary/aromatic N) is 1. The quantitative estimate of drug-likeness (QED) is 0.589. The fraction of sp³-hybridized carbons (Fsp3) is 0.444. The lowest BCUT2D eigenvalue weighted by atomic mass is 10.1. The van der Waals surface area contributed by atoms with Gasteiger partial charge in [-0.1, -0.05) is 6.92 Å². The van der Waals surface area contributed by atoms with E-state index in [9.17, 15) is 9.59 Å². The van der Waals surface area contributed by atoms with Gasteiger partial charge in [0.05, 0.1) is 0 Å². The van der Waals surface area contributed by atoms with E-state index in [0.29, 0.717) is 17.9 Å². The molecular formula is C18H24N2O4. The van der Waals surface area contributed by atoms with Crippen molar-refractivity contribution in [3.05, 3.63) is 40.2 Å². The van der Waals surface area contributed by atoms with Crippen LogP contribution in [0, 0.1) is 0 Å². The van der Waals surface area contributed by atoms with Crippen LogP contribution in [0.3, 0.4) is 0 Å². The standard InChI is InChI=1S/C18H24N2O4/c1-4-13-10-18(22)24-16-11-14(6-7-15(13)16)23-12-17(21)19-8-5-9-20(2)3/h6-7,10-11H,4-5,8-9,12H2,1-3H3,(H,19,21). The Morgan fingerprint density at radius 2 is 2.08 bits per heavy atom. The van der Waals surface area contributed by atoms with E-state index >= 15 is 0 Å². The van der Waals surface area contributed by atoms with Crippen molar-refractivity contribution in [2.45, 2.75) is 19.8 Å². The molecule has 24 heavy (non-hydrogen) atoms. The van der Waals surface area contributed by atoms with Crippen LogP contribution in [0.4, 0.5) is 0 Å². The molecule has 0 atom stereocenters. The second-order valence-corrected chi connectivity index (χ2v) is 5.90. The monoisotopic (exact) mass is 332 g/mol. The number of amides is 1. The highest BCUT2D eigenvalue weighted by atomic mass is 16.5. The van der Waals surface area contributed by atoms with Crippen LogP contribution in [0.5, 0.6) is 5.75 Å². The van der Waals surface area contributed by atoms with E-state index < -0.39 is 0 Å². The molecule has 0 saturated heterocycles. The van der Waals surface area contributed by atoms with Crippen LogP contribution >= 0.6 is 0 Å². The summed E-state index contributed by atoms with van der Waals surface area (Å²) < 4.78 is 10.7. The van der Waals surface area contributed by atoms with E-state index in [2.05, 4.69) is 10.2 Å². The van der Waals surface area contributed by atoms with Crippen LogP contribution in [0.1, 0.15) is 18.9 Å². The Bertz CT molecular complexity index is 752. The molecular weight excluding hydrogens is 308 g/mol. The summed E-state index contributed by atoms with van der Waals surface area (Å²) in [5.41, 5.74) is 1.03. The Labute approximate surface area is 141 Å². The van der Waals surface area contributed by atoms with Gasteiger partial charge >= 0.3 is 5.63 Å². The number of hydrogen-bond donors (Lipinski definition) is 1. The molecule has 1 aromatic heterocycles. The first-order valence-electron chi connectivity index (χ1n) is 8.10. The molecule has 0 aliphatic carbocycles. The third-order valence-electron chi connectivity index (χ3n) is 3.66. The number of nitrogens with one attached hydrogen (secondary N) is 1. The second kappa shape index (κ2) is 8.49. The van der Waals surface area contributed by atoms with Gasteiger partial charge in [-0.25, -0.2) is 4.79 Å². The number of fused-ring (bicyclic) bond motifs is 1. The molecule has 6 heteroatoms. The largest absolute Gasteiger partial charge is 0.484 e. The fourth-order valence-corrected chi connectivity index (χ4v) is 2.42. The Hall–Kier alpha value is -2.34. The summed E-state index contributed by atoms with van der Waals surface area (Å²) >= 11 is 0. The molecule has 2 aromatic rings. The molecule has 0 bridgehead atoms. The molecule has 1 aromatic carbocycles. The van der Waals surface area contributed by atoms with E-state index in [-0.39, 0.29) is 18.1 Å². The van der Waals surface area contributed by atoms with E-state index in [4.69, 9.17) is 9.15 Å². The number of hydrogen-bond acceptors (Lipinski definition) is 5. The molecule has 0 fully saturated rings. The Balaban J connectivity index is 1.93. The maximum atomic E-state index is 11.8. The highest BCUT2D eigenvalue weighted by Crippen LogP contribution is 2.22. The summed E-state index contributed by atoms with van der Waals surface area (Å²) in [6.07, 6.45) is 1.64. The Morgan fingerprint density at radius 1 is 1.29 bits per heavy atom. The van der Waals surface area contributed by atoms with Crippen molar-refractivity contribution in [3.63, 3.8) is 0 Å². The Morgan fingerprint density at radius 3 is 2.79 bits per heavy atom. The third-order valence-corrected chi connectivity index (χ3v) is 3.66. The van der Waals surface area contributed by atoms with Gasteiger partial charge in [0.1, 0.15) is 11.3 Å². The predicted octanol–water partition coefficient (Wildman–Crippen LogP) is 1.80. The molecule has 2 rings (SSSR count). The van der Waals surface area contributed by atoms with Crippen LogP contribution in [0.25, 0.3) is 11.0 Å². The molecule has 0 radical (unpaired) electrons. The summed E-state index contributed by atoms with van der Waals surface area (Å²) in [5.74, 6) is 0.333. The van der Waals surface area contributed by atoms with Gasteiger partial charge in [0.25, 0.3) is 5.91 Å². The zero-order valence-electron chi connectivity index (χ0n) is 14.4. The molecule has 1 N–H and O–H groups in total. The smallest absolute Gasteiger partial charge is 0.336 e. The van der Waals surface area contributed by atoms with Crippen LogP contribution in [-0.2, 0) is 11.2 Å². The molecule has 0 aliphatic rings. The van der Waals surface area contributed by atoms with E-state index in [1.54, 1.807) is 12.1 Å². The molecule has 0 spiro atoms. The van der Waals surface area contributed by atoms with Gasteiger partial charge in [0.2, 0.25) is 0 Å². The van der Waals surface area contributed by atoms with Crippen molar-refractivity contribution in [3.8, 4) is 5.75 Å². The van der Waals surface area contributed by atoms with Crippen LogP contribution in [-0.4, -0.2) is 44.6 Å². The van der Waals surface area contributed by atoms with Gasteiger partial charge in [0, 0.05) is 24.1 Å². The van der Waals surface area contributed by atoms with E-state index in [0.717, 1.165) is 30.3 Å². The number of carbonyl (C=O) groups is 1. The zero-order valence-corrected chi connectivity index (χ0v) is 14.4. The first kappa shape index (κ1) is 18.0. The van der Waals surface area contributed by atoms with Crippen LogP contribution in [0.2, 0.25) is 0 Å². The number of ether oxygens (including phenoxy) is 1. The minimum atomic E-state index is -0.380. The normalized spacial score (nSPS) is 11.0. The minimum absolute atomic E-state index is 0.0643. The van der Waals surface area contributed by atoms with Gasteiger partial charge in [-0.05, 0) is 51.2 Å². The van der Waals surface area contributed by atoms with Gasteiger partial charge in [-0.2, -0.15) is 0 Å². The fourth-order valence-electron chi connectivity index (χ4n) is 2.42. The van der Waals surface area contributed by atoms with Gasteiger partial charge in [0.15, 0.2) is 6.61 Å². The Kier molecular flexibility index (Phi) is 6.37. The van der Waals surface area contributed by atoms with Gasteiger partial charge in [-0.3, -0.25) is 4.79 Å². The second-order valence-electron chi connectivity index (χ2n) is 5.90. The lowest BCUT2D eigenvalue weighted by Gasteiger charge is -2.11. The summed E-state index contributed by atoms with van der Waals surface area (Å²) in [6.45, 7) is 3.46. The van der Waals surface area contributed by atoms with Crippen molar-refractivity contribution in [1.29, 1.82) is 0 Å². The molecule has 1 amide bonds. The first-order chi connectivity index (χ1) is 11.5. The van der Waals surface area contributed by atoms with E-state index in [1.165, 1.54) is 6.07 Å². The topological polar surface area (TPSA) is 71.8 Å². The van der Waals surface area contributed by atoms with Crippen molar-refractivity contribution in [2.75, 3.05) is 33.8 Å². The number of benzene rings is 1. The van der Waals surface area contributed by atoms with Gasteiger partial charge < -0.3 is 19.4 Å². The summed E-state index contributed by atoms with van der Waals surface area (Å²) in [5, 5.41) is 3.70.